The van der Waals surface area contributed by atoms with E-state index in [-0.39, 0.29) is 10.7 Å². The third-order valence-electron chi connectivity index (χ3n) is 5.49. The number of furan rings is 1. The third-order valence-corrected chi connectivity index (χ3v) is 5.77. The molecule has 1 N–H and O–H groups in total. The molecule has 0 bridgehead atoms. The number of amides is 2. The molecule has 2 fully saturated rings. The third kappa shape index (κ3) is 4.03. The van der Waals surface area contributed by atoms with Crippen LogP contribution in [0.5, 0.6) is 0 Å². The van der Waals surface area contributed by atoms with Gasteiger partial charge in [0.25, 0.3) is 11.8 Å². The van der Waals surface area contributed by atoms with Crippen LogP contribution in [0.15, 0.2) is 46.4 Å². The number of carbonyl (C=O) groups is 2. The molecule has 0 radical (unpaired) electrons. The maximum atomic E-state index is 13.1. The smallest absolute Gasteiger partial charge is 0.270 e. The molecule has 6 nitrogen and oxygen atoms in total. The van der Waals surface area contributed by atoms with Crippen molar-refractivity contribution in [2.45, 2.75) is 39.0 Å². The van der Waals surface area contributed by atoms with Crippen LogP contribution in [0.4, 0.5) is 11.6 Å². The van der Waals surface area contributed by atoms with E-state index in [4.69, 9.17) is 16.6 Å². The molecule has 3 heterocycles. The van der Waals surface area contributed by atoms with Gasteiger partial charge in [0.1, 0.15) is 11.3 Å². The average Bonchev–Trinajstić information content (AvgIpc) is 3.21. The van der Waals surface area contributed by atoms with E-state index in [2.05, 4.69) is 24.1 Å². The number of nitrogens with zero attached hydrogens (tertiary/aromatic N) is 2. The van der Waals surface area contributed by atoms with E-state index in [0.717, 1.165) is 37.4 Å². The van der Waals surface area contributed by atoms with E-state index in [1.54, 1.807) is 6.07 Å². The van der Waals surface area contributed by atoms with E-state index in [1.165, 1.54) is 17.4 Å². The highest BCUT2D eigenvalue weighted by atomic mass is 32.1. The summed E-state index contributed by atoms with van der Waals surface area (Å²) in [4.78, 5) is 29.2. The minimum absolute atomic E-state index is 0.00363. The first-order valence-corrected chi connectivity index (χ1v) is 10.7. The fourth-order valence-electron chi connectivity index (χ4n) is 3.75. The molecule has 156 valence electrons. The van der Waals surface area contributed by atoms with Crippen molar-refractivity contribution < 1.29 is 14.0 Å². The topological polar surface area (TPSA) is 65.8 Å². The van der Waals surface area contributed by atoms with Gasteiger partial charge in [-0.15, -0.1) is 0 Å². The summed E-state index contributed by atoms with van der Waals surface area (Å²) in [6.45, 7) is 6.12. The number of thiocarbonyl (C=S) groups is 1. The predicted molar refractivity (Wildman–Crippen MR) is 122 cm³/mol. The maximum Gasteiger partial charge on any atom is 0.270 e. The zero-order valence-electron chi connectivity index (χ0n) is 17.2. The van der Waals surface area contributed by atoms with E-state index in [0.29, 0.717) is 17.4 Å². The lowest BCUT2D eigenvalue weighted by Gasteiger charge is -2.29. The quantitative estimate of drug-likeness (QED) is 0.453. The number of benzene rings is 1. The van der Waals surface area contributed by atoms with Gasteiger partial charge in [0.05, 0.1) is 5.69 Å². The summed E-state index contributed by atoms with van der Waals surface area (Å²) < 4.78 is 5.90. The van der Waals surface area contributed by atoms with Crippen molar-refractivity contribution >= 4 is 46.8 Å². The van der Waals surface area contributed by atoms with E-state index in [1.807, 2.05) is 30.3 Å². The second-order valence-electron chi connectivity index (χ2n) is 7.93. The molecule has 7 heteroatoms. The Bertz CT molecular complexity index is 1000. The summed E-state index contributed by atoms with van der Waals surface area (Å²) in [5.41, 5.74) is 1.78. The number of nitrogens with one attached hydrogen (secondary N) is 1. The Kier molecular flexibility index (Phi) is 5.72. The van der Waals surface area contributed by atoms with Crippen LogP contribution in [-0.2, 0) is 9.59 Å². The Morgan fingerprint density at radius 1 is 1.03 bits per heavy atom. The van der Waals surface area contributed by atoms with Crippen LogP contribution >= 0.6 is 12.2 Å². The maximum absolute atomic E-state index is 13.1. The van der Waals surface area contributed by atoms with Crippen molar-refractivity contribution in [2.75, 3.05) is 22.9 Å². The summed E-state index contributed by atoms with van der Waals surface area (Å²) in [7, 11) is 0. The second-order valence-corrected chi connectivity index (χ2v) is 8.31. The molecule has 30 heavy (non-hydrogen) atoms. The summed E-state index contributed by atoms with van der Waals surface area (Å²) in [6, 6.07) is 11.3. The number of hydrogen-bond donors (Lipinski definition) is 1. The molecule has 0 unspecified atom stereocenters. The molecule has 0 aliphatic carbocycles. The SMILES string of the molecule is CC(C)c1ccc(N2C(=O)/C(=C/c3ccc(N4CCCCC4)o3)C(=O)NC2=S)cc1. The Labute approximate surface area is 181 Å². The van der Waals surface area contributed by atoms with Gasteiger partial charge in [-0.1, -0.05) is 26.0 Å². The van der Waals surface area contributed by atoms with Crippen LogP contribution < -0.4 is 15.1 Å². The molecule has 0 spiro atoms. The zero-order valence-corrected chi connectivity index (χ0v) is 18.0. The molecule has 2 amide bonds. The van der Waals surface area contributed by atoms with Crippen molar-refractivity contribution in [3.63, 3.8) is 0 Å². The van der Waals surface area contributed by atoms with Crippen molar-refractivity contribution in [1.29, 1.82) is 0 Å². The molecule has 1 aromatic carbocycles. The molecule has 1 aromatic heterocycles. The normalized spacial score (nSPS) is 19.0. The molecule has 4 rings (SSSR count). The highest BCUT2D eigenvalue weighted by molar-refractivity contribution is 7.80. The molecule has 2 saturated heterocycles. The van der Waals surface area contributed by atoms with Gasteiger partial charge in [-0.05, 0) is 67.2 Å². The second kappa shape index (κ2) is 8.44. The lowest BCUT2D eigenvalue weighted by atomic mass is 10.0. The molecular formula is C23H25N3O3S. The zero-order chi connectivity index (χ0) is 21.3. The standard InChI is InChI=1S/C23H25N3O3S/c1-15(2)16-6-8-17(9-7-16)26-22(28)19(21(27)24-23(26)30)14-18-10-11-20(29-18)25-12-4-3-5-13-25/h6-11,14-15H,3-5,12-13H2,1-2H3,(H,24,27,30)/b19-14+. The summed E-state index contributed by atoms with van der Waals surface area (Å²) in [5, 5.41) is 2.69. The minimum Gasteiger partial charge on any atom is -0.441 e. The van der Waals surface area contributed by atoms with Crippen molar-refractivity contribution in [3.05, 3.63) is 53.3 Å². The van der Waals surface area contributed by atoms with Gasteiger partial charge in [0, 0.05) is 19.2 Å². The van der Waals surface area contributed by atoms with Crippen LogP contribution in [0.25, 0.3) is 6.08 Å². The summed E-state index contributed by atoms with van der Waals surface area (Å²) in [6.07, 6.45) is 5.00. The van der Waals surface area contributed by atoms with E-state index >= 15 is 0 Å². The Morgan fingerprint density at radius 2 is 1.73 bits per heavy atom. The lowest BCUT2D eigenvalue weighted by Crippen LogP contribution is -2.54. The van der Waals surface area contributed by atoms with Crippen molar-refractivity contribution in [2.24, 2.45) is 0 Å². The Balaban J connectivity index is 1.60. The van der Waals surface area contributed by atoms with Gasteiger partial charge in [0.2, 0.25) is 0 Å². The fourth-order valence-corrected chi connectivity index (χ4v) is 4.03. The average molecular weight is 424 g/mol. The summed E-state index contributed by atoms with van der Waals surface area (Å²) >= 11 is 5.27. The molecule has 0 saturated carbocycles. The van der Waals surface area contributed by atoms with Gasteiger partial charge in [0.15, 0.2) is 11.0 Å². The molecule has 2 aliphatic rings. The summed E-state index contributed by atoms with van der Waals surface area (Å²) in [5.74, 6) is 0.637. The molecule has 0 atom stereocenters. The fraction of sp³-hybridized carbons (Fsp3) is 0.348. The van der Waals surface area contributed by atoms with Gasteiger partial charge < -0.3 is 9.32 Å². The first-order chi connectivity index (χ1) is 14.4. The van der Waals surface area contributed by atoms with Crippen LogP contribution in [0.3, 0.4) is 0 Å². The monoisotopic (exact) mass is 423 g/mol. The van der Waals surface area contributed by atoms with E-state index in [9.17, 15) is 9.59 Å². The number of hydrogen-bond acceptors (Lipinski definition) is 5. The van der Waals surface area contributed by atoms with Crippen molar-refractivity contribution in [1.82, 2.24) is 5.32 Å². The van der Waals surface area contributed by atoms with Crippen LogP contribution in [0.1, 0.15) is 50.4 Å². The van der Waals surface area contributed by atoms with Gasteiger partial charge in [-0.3, -0.25) is 19.8 Å². The largest absolute Gasteiger partial charge is 0.441 e. The first kappa shape index (κ1) is 20.3. The van der Waals surface area contributed by atoms with Gasteiger partial charge in [-0.2, -0.15) is 0 Å². The van der Waals surface area contributed by atoms with Gasteiger partial charge >= 0.3 is 0 Å². The molecular weight excluding hydrogens is 398 g/mol. The number of anilines is 2. The minimum atomic E-state index is -0.518. The van der Waals surface area contributed by atoms with Crippen LogP contribution in [0.2, 0.25) is 0 Å². The molecule has 2 aliphatic heterocycles. The highest BCUT2D eigenvalue weighted by Gasteiger charge is 2.34. The number of carbonyl (C=O) groups excluding carboxylic acids is 2. The van der Waals surface area contributed by atoms with Gasteiger partial charge in [-0.25, -0.2) is 0 Å². The Morgan fingerprint density at radius 3 is 2.40 bits per heavy atom. The highest BCUT2D eigenvalue weighted by Crippen LogP contribution is 2.27. The first-order valence-electron chi connectivity index (χ1n) is 10.3. The van der Waals surface area contributed by atoms with Crippen LogP contribution in [-0.4, -0.2) is 30.0 Å². The Hall–Kier alpha value is -2.93. The van der Waals surface area contributed by atoms with E-state index < -0.39 is 11.8 Å². The predicted octanol–water partition coefficient (Wildman–Crippen LogP) is 4.22. The molecule has 2 aromatic rings. The lowest BCUT2D eigenvalue weighted by molar-refractivity contribution is -0.122. The number of rotatable bonds is 4. The number of piperidine rings is 1. The van der Waals surface area contributed by atoms with Crippen LogP contribution in [0, 0.1) is 0 Å². The van der Waals surface area contributed by atoms with Crippen molar-refractivity contribution in [3.8, 4) is 0 Å².